The molecule has 2 heterocycles. The number of benzene rings is 2. The lowest BCUT2D eigenvalue weighted by molar-refractivity contribution is 0.00716. The molecule has 0 aliphatic carbocycles. The fourth-order valence-corrected chi connectivity index (χ4v) is 3.11. The third-order valence-electron chi connectivity index (χ3n) is 4.40. The van der Waals surface area contributed by atoms with Crippen molar-refractivity contribution in [2.75, 3.05) is 7.11 Å². The number of esters is 2. The molecular weight excluding hydrogens is 384 g/mol. The van der Waals surface area contributed by atoms with E-state index in [2.05, 4.69) is 9.72 Å². The molecule has 4 aromatic rings. The fourth-order valence-electron chi connectivity index (χ4n) is 3.11. The highest BCUT2D eigenvalue weighted by molar-refractivity contribution is 6.08. The Bertz CT molecular complexity index is 1280. The molecule has 0 saturated heterocycles. The second-order valence-corrected chi connectivity index (χ2v) is 7.80. The van der Waals surface area contributed by atoms with Gasteiger partial charge in [0.05, 0.1) is 23.7 Å². The molecule has 0 unspecified atom stereocenters. The number of hydrogen-bond donors (Lipinski definition) is 0. The summed E-state index contributed by atoms with van der Waals surface area (Å²) >= 11 is 0. The first kappa shape index (κ1) is 19.6. The van der Waals surface area contributed by atoms with Gasteiger partial charge in [-0.05, 0) is 45.0 Å². The van der Waals surface area contributed by atoms with Crippen LogP contribution in [0.25, 0.3) is 33.3 Å². The van der Waals surface area contributed by atoms with Crippen LogP contribution in [0.4, 0.5) is 0 Å². The molecule has 7 heteroatoms. The van der Waals surface area contributed by atoms with Gasteiger partial charge in [-0.15, -0.1) is 0 Å². The zero-order chi connectivity index (χ0) is 21.5. The van der Waals surface area contributed by atoms with E-state index in [-0.39, 0.29) is 11.6 Å². The van der Waals surface area contributed by atoms with Crippen molar-refractivity contribution in [1.29, 1.82) is 0 Å². The molecule has 0 atom stereocenters. The number of hydrogen-bond acceptors (Lipinski definition) is 7. The molecule has 30 heavy (non-hydrogen) atoms. The van der Waals surface area contributed by atoms with Crippen LogP contribution in [-0.2, 0) is 9.47 Å². The van der Waals surface area contributed by atoms with Gasteiger partial charge >= 0.3 is 11.9 Å². The first-order chi connectivity index (χ1) is 14.2. The van der Waals surface area contributed by atoms with Crippen LogP contribution in [-0.4, -0.2) is 34.6 Å². The lowest BCUT2D eigenvalue weighted by Gasteiger charge is -2.20. The summed E-state index contributed by atoms with van der Waals surface area (Å²) in [4.78, 5) is 33.6. The van der Waals surface area contributed by atoms with E-state index in [1.165, 1.54) is 13.4 Å². The van der Waals surface area contributed by atoms with Gasteiger partial charge in [-0.3, -0.25) is 0 Å². The zero-order valence-corrected chi connectivity index (χ0v) is 17.1. The van der Waals surface area contributed by atoms with Crippen LogP contribution in [0, 0.1) is 0 Å². The third kappa shape index (κ3) is 3.74. The summed E-state index contributed by atoms with van der Waals surface area (Å²) in [5, 5.41) is 1.57. The minimum Gasteiger partial charge on any atom is -0.464 e. The average molecular weight is 404 g/mol. The Morgan fingerprint density at radius 1 is 0.967 bits per heavy atom. The van der Waals surface area contributed by atoms with Gasteiger partial charge in [-0.25, -0.2) is 19.6 Å². The van der Waals surface area contributed by atoms with Crippen LogP contribution in [0.1, 0.15) is 41.6 Å². The number of oxazole rings is 1. The Balaban J connectivity index is 1.93. The van der Waals surface area contributed by atoms with Crippen LogP contribution in [0.2, 0.25) is 0 Å². The molecule has 0 radical (unpaired) electrons. The van der Waals surface area contributed by atoms with E-state index in [4.69, 9.17) is 14.1 Å². The Labute approximate surface area is 172 Å². The number of rotatable bonds is 3. The smallest absolute Gasteiger partial charge is 0.360 e. The first-order valence-corrected chi connectivity index (χ1v) is 9.36. The van der Waals surface area contributed by atoms with Gasteiger partial charge < -0.3 is 13.9 Å². The second kappa shape index (κ2) is 7.26. The molecule has 0 spiro atoms. The van der Waals surface area contributed by atoms with Gasteiger partial charge in [-0.1, -0.05) is 18.2 Å². The van der Waals surface area contributed by atoms with Gasteiger partial charge in [0.25, 0.3) is 0 Å². The molecule has 0 bridgehead atoms. The van der Waals surface area contributed by atoms with Crippen molar-refractivity contribution in [3.8, 4) is 11.5 Å². The Hall–Kier alpha value is -3.74. The van der Waals surface area contributed by atoms with E-state index in [0.717, 1.165) is 10.9 Å². The molecule has 0 fully saturated rings. The molecule has 0 N–H and O–H groups in total. The van der Waals surface area contributed by atoms with Gasteiger partial charge in [0, 0.05) is 16.3 Å². The van der Waals surface area contributed by atoms with Crippen LogP contribution in [0.5, 0.6) is 0 Å². The Kier molecular flexibility index (Phi) is 4.73. The van der Waals surface area contributed by atoms with Crippen LogP contribution >= 0.6 is 0 Å². The summed E-state index contributed by atoms with van der Waals surface area (Å²) in [5.74, 6) is -0.912. The number of fused-ring (bicyclic) bond motifs is 2. The van der Waals surface area contributed by atoms with E-state index in [0.29, 0.717) is 22.0 Å². The van der Waals surface area contributed by atoms with E-state index < -0.39 is 17.5 Å². The van der Waals surface area contributed by atoms with Crippen LogP contribution in [0.3, 0.4) is 0 Å². The number of aromatic nitrogens is 2. The molecule has 2 aromatic heterocycles. The lowest BCUT2D eigenvalue weighted by atomic mass is 10.0. The third-order valence-corrected chi connectivity index (χ3v) is 4.40. The number of ether oxygens (including phenoxy) is 2. The van der Waals surface area contributed by atoms with Gasteiger partial charge in [0.15, 0.2) is 5.69 Å². The zero-order valence-electron chi connectivity index (χ0n) is 17.1. The summed E-state index contributed by atoms with van der Waals surface area (Å²) in [6.07, 6.45) is 1.21. The summed E-state index contributed by atoms with van der Waals surface area (Å²) in [7, 11) is 1.27. The Morgan fingerprint density at radius 3 is 2.47 bits per heavy atom. The van der Waals surface area contributed by atoms with Crippen molar-refractivity contribution in [2.45, 2.75) is 26.4 Å². The van der Waals surface area contributed by atoms with Gasteiger partial charge in [-0.2, -0.15) is 0 Å². The number of para-hydroxylation sites is 1. The number of carbonyl (C=O) groups excluding carboxylic acids is 2. The maximum atomic E-state index is 13.0. The predicted molar refractivity (Wildman–Crippen MR) is 111 cm³/mol. The highest BCUT2D eigenvalue weighted by Gasteiger charge is 2.23. The molecule has 4 rings (SSSR count). The highest BCUT2D eigenvalue weighted by atomic mass is 16.6. The monoisotopic (exact) mass is 404 g/mol. The van der Waals surface area contributed by atoms with Gasteiger partial charge in [0.1, 0.15) is 11.9 Å². The average Bonchev–Trinajstić information content (AvgIpc) is 3.19. The van der Waals surface area contributed by atoms with Crippen LogP contribution in [0.15, 0.2) is 53.1 Å². The topological polar surface area (TPSA) is 91.5 Å². The standard InChI is InChI=1S/C23H20N2O5/c1-23(2,3)30-21(26)16-10-14(20-25-19(12-29-20)22(27)28-4)11-18-15(16)9-13-7-5-6-8-17(13)24-18/h5-12H,1-4H3. The van der Waals surface area contributed by atoms with Gasteiger partial charge in [0.2, 0.25) is 5.89 Å². The minimum atomic E-state index is -0.662. The molecule has 0 aliphatic rings. The Morgan fingerprint density at radius 2 is 1.73 bits per heavy atom. The normalized spacial score (nSPS) is 11.6. The minimum absolute atomic E-state index is 0.0397. The number of methoxy groups -OCH3 is 1. The van der Waals surface area contributed by atoms with Crippen molar-refractivity contribution in [1.82, 2.24) is 9.97 Å². The predicted octanol–water partition coefficient (Wildman–Crippen LogP) is 4.78. The van der Waals surface area contributed by atoms with Crippen molar-refractivity contribution in [3.05, 3.63) is 60.0 Å². The van der Waals surface area contributed by atoms with Crippen molar-refractivity contribution in [2.24, 2.45) is 0 Å². The van der Waals surface area contributed by atoms with Crippen molar-refractivity contribution >= 4 is 33.7 Å². The number of nitrogens with zero attached hydrogens (tertiary/aromatic N) is 2. The summed E-state index contributed by atoms with van der Waals surface area (Å²) < 4.78 is 15.7. The molecule has 2 aromatic carbocycles. The van der Waals surface area contributed by atoms with E-state index >= 15 is 0 Å². The quantitative estimate of drug-likeness (QED) is 0.358. The summed E-state index contributed by atoms with van der Waals surface area (Å²) in [6, 6.07) is 13.0. The maximum Gasteiger partial charge on any atom is 0.360 e. The van der Waals surface area contributed by atoms with Crippen molar-refractivity contribution < 1.29 is 23.5 Å². The highest BCUT2D eigenvalue weighted by Crippen LogP contribution is 2.30. The molecule has 0 amide bonds. The van der Waals surface area contributed by atoms with Crippen LogP contribution < -0.4 is 0 Å². The maximum absolute atomic E-state index is 13.0. The lowest BCUT2D eigenvalue weighted by Crippen LogP contribution is -2.24. The number of pyridine rings is 1. The SMILES string of the molecule is COC(=O)c1coc(-c2cc(C(=O)OC(C)(C)C)c3cc4ccccc4nc3c2)n1. The summed E-state index contributed by atoms with van der Waals surface area (Å²) in [6.45, 7) is 5.42. The van der Waals surface area contributed by atoms with Crippen molar-refractivity contribution in [3.63, 3.8) is 0 Å². The van der Waals surface area contributed by atoms with E-state index in [1.807, 2.05) is 30.3 Å². The number of carbonyl (C=O) groups is 2. The molecular formula is C23H20N2O5. The fraction of sp³-hybridized carbons (Fsp3) is 0.217. The van der Waals surface area contributed by atoms with E-state index in [9.17, 15) is 9.59 Å². The molecule has 0 aliphatic heterocycles. The van der Waals surface area contributed by atoms with E-state index in [1.54, 1.807) is 32.9 Å². The summed E-state index contributed by atoms with van der Waals surface area (Å²) in [5.41, 5.74) is 1.60. The molecule has 0 saturated carbocycles. The molecule has 152 valence electrons. The second-order valence-electron chi connectivity index (χ2n) is 7.80. The largest absolute Gasteiger partial charge is 0.464 e. The molecule has 7 nitrogen and oxygen atoms in total. The first-order valence-electron chi connectivity index (χ1n) is 9.36.